The molecule has 13 heteroatoms. The van der Waals surface area contributed by atoms with Gasteiger partial charge in [0.15, 0.2) is 0 Å². The number of ether oxygens (including phenoxy) is 2. The number of imidazole rings is 1. The third-order valence-corrected chi connectivity index (χ3v) is 7.88. The number of amides is 2. The van der Waals surface area contributed by atoms with E-state index >= 15 is 0 Å². The Morgan fingerprint density at radius 3 is 2.12 bits per heavy atom. The van der Waals surface area contributed by atoms with E-state index in [1.807, 2.05) is 0 Å². The monoisotopic (exact) mass is 579 g/mol. The average Bonchev–Trinajstić information content (AvgIpc) is 3.18. The number of aromatic nitrogens is 2. The number of hydrogen-bond acceptors (Lipinski definition) is 7. The van der Waals surface area contributed by atoms with Gasteiger partial charge in [0.2, 0.25) is 10.0 Å². The molecule has 12 nitrogen and oxygen atoms in total. The predicted octanol–water partition coefficient (Wildman–Crippen LogP) is 4.29. The molecule has 1 saturated carbocycles. The van der Waals surface area contributed by atoms with Gasteiger partial charge in [0, 0.05) is 35.7 Å². The van der Waals surface area contributed by atoms with Crippen molar-refractivity contribution in [3.05, 3.63) is 41.1 Å². The molecule has 2 amide bonds. The van der Waals surface area contributed by atoms with Crippen LogP contribution in [0.4, 0.5) is 15.3 Å². The Balaban J connectivity index is 1.89. The fraction of sp³-hybridized carbons (Fsp3) is 0.593. The summed E-state index contributed by atoms with van der Waals surface area (Å²) in [6.07, 6.45) is 4.13. The Hall–Kier alpha value is -3.32. The molecule has 1 aliphatic rings. The Kier molecular flexibility index (Phi) is 9.72. The van der Waals surface area contributed by atoms with Crippen molar-refractivity contribution in [1.82, 2.24) is 19.2 Å². The first-order chi connectivity index (χ1) is 18.6. The van der Waals surface area contributed by atoms with E-state index in [0.717, 1.165) is 0 Å². The lowest BCUT2D eigenvalue weighted by Gasteiger charge is -2.29. The normalized spacial score (nSPS) is 18.0. The lowest BCUT2D eigenvalue weighted by atomic mass is 9.91. The fourth-order valence-corrected chi connectivity index (χ4v) is 6.23. The van der Waals surface area contributed by atoms with E-state index in [9.17, 15) is 22.8 Å². The highest BCUT2D eigenvalue weighted by atomic mass is 32.2. The molecule has 0 bridgehead atoms. The zero-order valence-electron chi connectivity index (χ0n) is 24.2. The van der Waals surface area contributed by atoms with Gasteiger partial charge in [-0.2, -0.15) is 0 Å². The molecule has 3 rings (SSSR count). The second-order valence-electron chi connectivity index (χ2n) is 11.6. The molecule has 1 aromatic carbocycles. The van der Waals surface area contributed by atoms with Crippen molar-refractivity contribution in [2.45, 2.75) is 109 Å². The number of carbonyl (C=O) groups is 2. The van der Waals surface area contributed by atoms with Crippen molar-refractivity contribution in [3.8, 4) is 5.69 Å². The van der Waals surface area contributed by atoms with E-state index in [1.165, 1.54) is 29.0 Å². The third kappa shape index (κ3) is 8.34. The molecule has 40 heavy (non-hydrogen) atoms. The van der Waals surface area contributed by atoms with Gasteiger partial charge in [0.1, 0.15) is 4.90 Å². The van der Waals surface area contributed by atoms with Crippen LogP contribution in [0, 0.1) is 0 Å². The third-order valence-electron chi connectivity index (χ3n) is 6.10. The molecular weight excluding hydrogens is 538 g/mol. The fourth-order valence-electron chi connectivity index (χ4n) is 4.59. The van der Waals surface area contributed by atoms with E-state index < -0.39 is 27.7 Å². The van der Waals surface area contributed by atoms with Crippen LogP contribution in [-0.2, 0) is 19.5 Å². The molecule has 222 valence electrons. The summed E-state index contributed by atoms with van der Waals surface area (Å²) in [5.41, 5.74) is -0.822. The molecule has 0 aliphatic heterocycles. The largest absolute Gasteiger partial charge is 0.447 e. The number of carbonyl (C=O) groups excluding carboxylic acids is 2. The molecule has 1 heterocycles. The lowest BCUT2D eigenvalue weighted by molar-refractivity contribution is 0.108. The highest BCUT2D eigenvalue weighted by molar-refractivity contribution is 7.89. The molecule has 0 unspecified atom stereocenters. The number of hydrogen-bond donors (Lipinski definition) is 3. The number of nitrogens with zero attached hydrogens (tertiary/aromatic N) is 2. The number of nitrogens with one attached hydrogen (secondary N) is 3. The summed E-state index contributed by atoms with van der Waals surface area (Å²) >= 11 is 0. The second-order valence-corrected chi connectivity index (χ2v) is 13.2. The molecule has 1 fully saturated rings. The zero-order chi connectivity index (χ0) is 29.8. The number of benzene rings is 1. The first-order valence-electron chi connectivity index (χ1n) is 13.5. The minimum Gasteiger partial charge on any atom is -0.447 e. The minimum absolute atomic E-state index is 0.0389. The molecule has 0 radical (unpaired) electrons. The van der Waals surface area contributed by atoms with E-state index in [0.29, 0.717) is 25.7 Å². The lowest BCUT2D eigenvalue weighted by Crippen LogP contribution is -2.41. The molecule has 2 aromatic rings. The van der Waals surface area contributed by atoms with Crippen LogP contribution < -0.4 is 21.0 Å². The number of anilines is 1. The van der Waals surface area contributed by atoms with Gasteiger partial charge in [-0.25, -0.2) is 27.5 Å². The van der Waals surface area contributed by atoms with Crippen LogP contribution in [0.5, 0.6) is 0 Å². The van der Waals surface area contributed by atoms with Crippen LogP contribution >= 0.6 is 0 Å². The maximum Gasteiger partial charge on any atom is 0.411 e. The van der Waals surface area contributed by atoms with Crippen molar-refractivity contribution >= 4 is 27.9 Å². The van der Waals surface area contributed by atoms with Crippen LogP contribution in [0.3, 0.4) is 0 Å². The highest BCUT2D eigenvalue weighted by Gasteiger charge is 2.29. The molecule has 1 aromatic heterocycles. The summed E-state index contributed by atoms with van der Waals surface area (Å²) in [6.45, 7) is 12.1. The first kappa shape index (κ1) is 31.2. The minimum atomic E-state index is -4.10. The van der Waals surface area contributed by atoms with E-state index in [2.05, 4.69) is 15.4 Å². The van der Waals surface area contributed by atoms with Gasteiger partial charge < -0.3 is 14.8 Å². The van der Waals surface area contributed by atoms with Gasteiger partial charge in [-0.15, -0.1) is 0 Å². The van der Waals surface area contributed by atoms with Gasteiger partial charge >= 0.3 is 17.9 Å². The van der Waals surface area contributed by atoms with E-state index in [1.54, 1.807) is 59.2 Å². The molecule has 0 atom stereocenters. The Bertz CT molecular complexity index is 1360. The molecule has 0 saturated heterocycles. The summed E-state index contributed by atoms with van der Waals surface area (Å²) < 4.78 is 42.7. The number of alkyl carbamates (subject to hydrolysis) is 1. The summed E-state index contributed by atoms with van der Waals surface area (Å²) in [5, 5.41) is 5.42. The highest BCUT2D eigenvalue weighted by Crippen LogP contribution is 2.29. The smallest absolute Gasteiger partial charge is 0.411 e. The Morgan fingerprint density at radius 1 is 0.950 bits per heavy atom. The Morgan fingerprint density at radius 2 is 1.55 bits per heavy atom. The zero-order valence-corrected chi connectivity index (χ0v) is 25.0. The standard InChI is InChI=1S/C27H41N5O7S/c1-17(2)38-24(33)28-19-8-11-21(12-9-19)31-14-15-32(26(31)35)22-13-10-20(29-25(34)39-18(3)4)16-23(22)40(36,37)30-27(5,6)7/h10,13-19,21,30H,8-9,11-12H2,1-7H3,(H,28,33)(H,29,34)/t19-,21+. The quantitative estimate of drug-likeness (QED) is 0.422. The van der Waals surface area contributed by atoms with Gasteiger partial charge in [-0.3, -0.25) is 14.5 Å². The molecular formula is C27H41N5O7S. The summed E-state index contributed by atoms with van der Waals surface area (Å²) in [6, 6.07) is 4.16. The first-order valence-corrected chi connectivity index (χ1v) is 15.0. The van der Waals surface area contributed by atoms with Crippen LogP contribution in [0.2, 0.25) is 0 Å². The van der Waals surface area contributed by atoms with Crippen LogP contribution in [0.15, 0.2) is 40.3 Å². The van der Waals surface area contributed by atoms with Crippen molar-refractivity contribution in [2.75, 3.05) is 5.32 Å². The van der Waals surface area contributed by atoms with Crippen molar-refractivity contribution in [3.63, 3.8) is 0 Å². The van der Waals surface area contributed by atoms with Gasteiger partial charge in [-0.1, -0.05) is 0 Å². The van der Waals surface area contributed by atoms with Crippen molar-refractivity contribution in [1.29, 1.82) is 0 Å². The van der Waals surface area contributed by atoms with Gasteiger partial charge in [0.05, 0.1) is 17.9 Å². The number of rotatable bonds is 8. The summed E-state index contributed by atoms with van der Waals surface area (Å²) in [7, 11) is -4.10. The summed E-state index contributed by atoms with van der Waals surface area (Å²) in [4.78, 5) is 37.4. The van der Waals surface area contributed by atoms with Gasteiger partial charge in [-0.05, 0) is 92.3 Å². The summed E-state index contributed by atoms with van der Waals surface area (Å²) in [5.74, 6) is 0. The van der Waals surface area contributed by atoms with Crippen molar-refractivity contribution < 1.29 is 27.5 Å². The average molecular weight is 580 g/mol. The SMILES string of the molecule is CC(C)OC(=O)Nc1ccc(-n2ccn([C@H]3CC[C@@H](NC(=O)OC(C)C)CC3)c2=O)c(S(=O)(=O)NC(C)(C)C)c1. The molecule has 3 N–H and O–H groups in total. The molecule has 1 aliphatic carbocycles. The van der Waals surface area contributed by atoms with E-state index in [-0.39, 0.29) is 46.3 Å². The van der Waals surface area contributed by atoms with E-state index in [4.69, 9.17) is 9.47 Å². The van der Waals surface area contributed by atoms with Gasteiger partial charge in [0.25, 0.3) is 0 Å². The Labute approximate surface area is 235 Å². The van der Waals surface area contributed by atoms with Crippen LogP contribution in [-0.4, -0.2) is 53.5 Å². The molecule has 0 spiro atoms. The topological polar surface area (TPSA) is 150 Å². The van der Waals surface area contributed by atoms with Crippen molar-refractivity contribution in [2.24, 2.45) is 0 Å². The maximum atomic E-state index is 13.5. The van der Waals surface area contributed by atoms with Crippen LogP contribution in [0.1, 0.15) is 80.2 Å². The maximum absolute atomic E-state index is 13.5. The predicted molar refractivity (Wildman–Crippen MR) is 151 cm³/mol. The van der Waals surface area contributed by atoms with Crippen LogP contribution in [0.25, 0.3) is 5.69 Å². The number of sulfonamides is 1. The second kappa shape index (κ2) is 12.5.